The van der Waals surface area contributed by atoms with E-state index in [1.54, 1.807) is 17.6 Å². The van der Waals surface area contributed by atoms with Crippen molar-refractivity contribution in [2.45, 2.75) is 25.0 Å². The summed E-state index contributed by atoms with van der Waals surface area (Å²) in [6.45, 7) is 2.61. The fourth-order valence-electron chi connectivity index (χ4n) is 2.84. The van der Waals surface area contributed by atoms with E-state index in [1.165, 1.54) is 18.0 Å². The van der Waals surface area contributed by atoms with Gasteiger partial charge in [-0.15, -0.1) is 0 Å². The van der Waals surface area contributed by atoms with Crippen LogP contribution in [0.5, 0.6) is 5.75 Å². The number of hydrogen-bond acceptors (Lipinski definition) is 5. The SMILES string of the molecule is Cc1cc(OCc2ccc(F)cc2F)c(Br)c(=O)n1Cc1ccc(SNCCO)cc1. The van der Waals surface area contributed by atoms with Crippen molar-refractivity contribution in [1.82, 2.24) is 9.29 Å². The van der Waals surface area contributed by atoms with Crippen molar-refractivity contribution in [2.24, 2.45) is 0 Å². The molecule has 9 heteroatoms. The van der Waals surface area contributed by atoms with Gasteiger partial charge in [-0.2, -0.15) is 0 Å². The van der Waals surface area contributed by atoms with Crippen LogP contribution in [-0.4, -0.2) is 22.8 Å². The Labute approximate surface area is 191 Å². The summed E-state index contributed by atoms with van der Waals surface area (Å²) in [5.74, 6) is -1.06. The lowest BCUT2D eigenvalue weighted by Gasteiger charge is -2.15. The summed E-state index contributed by atoms with van der Waals surface area (Å²) in [6.07, 6.45) is 0. The summed E-state index contributed by atoms with van der Waals surface area (Å²) in [4.78, 5) is 13.9. The second-order valence-electron chi connectivity index (χ2n) is 6.74. The summed E-state index contributed by atoms with van der Waals surface area (Å²) < 4.78 is 37.4. The van der Waals surface area contributed by atoms with E-state index < -0.39 is 11.6 Å². The Morgan fingerprint density at radius 3 is 2.58 bits per heavy atom. The second kappa shape index (κ2) is 10.9. The van der Waals surface area contributed by atoms with E-state index in [0.29, 0.717) is 24.5 Å². The highest BCUT2D eigenvalue weighted by Gasteiger charge is 2.14. The molecule has 0 aliphatic rings. The van der Waals surface area contributed by atoms with Gasteiger partial charge in [-0.1, -0.05) is 12.1 Å². The molecule has 164 valence electrons. The molecule has 0 saturated heterocycles. The smallest absolute Gasteiger partial charge is 0.269 e. The number of benzene rings is 2. The van der Waals surface area contributed by atoms with Gasteiger partial charge in [-0.3, -0.25) is 9.52 Å². The number of aromatic nitrogens is 1. The molecule has 0 spiro atoms. The van der Waals surface area contributed by atoms with Crippen LogP contribution in [-0.2, 0) is 13.2 Å². The molecule has 0 saturated carbocycles. The van der Waals surface area contributed by atoms with Gasteiger partial charge in [0.15, 0.2) is 0 Å². The van der Waals surface area contributed by atoms with E-state index in [1.807, 2.05) is 24.3 Å². The fraction of sp³-hybridized carbons (Fsp3) is 0.227. The van der Waals surface area contributed by atoms with Crippen LogP contribution in [0.15, 0.2) is 62.7 Å². The van der Waals surface area contributed by atoms with E-state index in [9.17, 15) is 13.6 Å². The quantitative estimate of drug-likeness (QED) is 0.329. The van der Waals surface area contributed by atoms with Gasteiger partial charge in [0.1, 0.15) is 28.5 Å². The van der Waals surface area contributed by atoms with Crippen LogP contribution in [0.2, 0.25) is 0 Å². The normalized spacial score (nSPS) is 11.0. The van der Waals surface area contributed by atoms with Gasteiger partial charge >= 0.3 is 0 Å². The van der Waals surface area contributed by atoms with Crippen LogP contribution in [0.4, 0.5) is 8.78 Å². The van der Waals surface area contributed by atoms with Crippen molar-refractivity contribution in [3.8, 4) is 5.75 Å². The molecule has 2 aromatic carbocycles. The average Bonchev–Trinajstić information content (AvgIpc) is 2.75. The Bertz CT molecular complexity index is 1110. The molecule has 0 amide bonds. The Hall–Kier alpha value is -2.20. The predicted octanol–water partition coefficient (Wildman–Crippen LogP) is 4.41. The van der Waals surface area contributed by atoms with E-state index >= 15 is 0 Å². The average molecular weight is 511 g/mol. The van der Waals surface area contributed by atoms with Gasteiger partial charge in [0, 0.05) is 34.8 Å². The van der Waals surface area contributed by atoms with E-state index in [4.69, 9.17) is 9.84 Å². The number of halogens is 3. The summed E-state index contributed by atoms with van der Waals surface area (Å²) in [5.41, 5.74) is 1.57. The van der Waals surface area contributed by atoms with Gasteiger partial charge in [0.25, 0.3) is 5.56 Å². The predicted molar refractivity (Wildman–Crippen MR) is 120 cm³/mol. The minimum atomic E-state index is -0.700. The van der Waals surface area contributed by atoms with Gasteiger partial charge in [-0.05, 0) is 64.6 Å². The summed E-state index contributed by atoms with van der Waals surface area (Å²) >= 11 is 4.71. The largest absolute Gasteiger partial charge is 0.487 e. The van der Waals surface area contributed by atoms with E-state index in [0.717, 1.165) is 22.6 Å². The fourth-order valence-corrected chi connectivity index (χ4v) is 3.91. The zero-order chi connectivity index (χ0) is 22.4. The topological polar surface area (TPSA) is 63.5 Å². The first-order valence-electron chi connectivity index (χ1n) is 9.45. The highest BCUT2D eigenvalue weighted by Crippen LogP contribution is 2.25. The third-order valence-corrected chi connectivity index (χ3v) is 6.07. The van der Waals surface area contributed by atoms with Crippen molar-refractivity contribution in [3.05, 3.63) is 91.8 Å². The lowest BCUT2D eigenvalue weighted by atomic mass is 10.2. The van der Waals surface area contributed by atoms with Gasteiger partial charge in [0.2, 0.25) is 0 Å². The van der Waals surface area contributed by atoms with Crippen molar-refractivity contribution < 1.29 is 18.6 Å². The van der Waals surface area contributed by atoms with Crippen molar-refractivity contribution in [3.63, 3.8) is 0 Å². The number of pyridine rings is 1. The number of aryl methyl sites for hydroxylation is 1. The summed E-state index contributed by atoms with van der Waals surface area (Å²) in [5, 5.41) is 8.81. The molecule has 0 fully saturated rings. The molecule has 0 aliphatic heterocycles. The maximum atomic E-state index is 13.8. The van der Waals surface area contributed by atoms with Crippen molar-refractivity contribution in [1.29, 1.82) is 0 Å². The molecule has 1 heterocycles. The maximum Gasteiger partial charge on any atom is 0.269 e. The van der Waals surface area contributed by atoms with Crippen LogP contribution in [0.3, 0.4) is 0 Å². The van der Waals surface area contributed by atoms with Gasteiger partial charge < -0.3 is 14.4 Å². The van der Waals surface area contributed by atoms with Crippen LogP contribution in [0.25, 0.3) is 0 Å². The number of hydrogen-bond donors (Lipinski definition) is 2. The third-order valence-electron chi connectivity index (χ3n) is 4.48. The first-order chi connectivity index (χ1) is 14.9. The zero-order valence-corrected chi connectivity index (χ0v) is 19.1. The lowest BCUT2D eigenvalue weighted by Crippen LogP contribution is -2.24. The molecule has 0 atom stereocenters. The first kappa shape index (κ1) is 23.5. The molecular weight excluding hydrogens is 490 g/mol. The Kier molecular flexibility index (Phi) is 8.25. The standard InChI is InChI=1S/C22H21BrF2N2O3S/c1-14-10-20(30-13-16-4-5-17(24)11-19(16)25)21(23)22(29)27(14)12-15-2-6-18(7-3-15)31-26-8-9-28/h2-7,10-11,26,28H,8-9,12-13H2,1H3. The molecule has 1 aromatic heterocycles. The van der Waals surface area contributed by atoms with Crippen LogP contribution in [0, 0.1) is 18.6 Å². The summed E-state index contributed by atoms with van der Waals surface area (Å²) in [7, 11) is 0. The highest BCUT2D eigenvalue weighted by molar-refractivity contribution is 9.10. The van der Waals surface area contributed by atoms with Gasteiger partial charge in [0.05, 0.1) is 13.2 Å². The zero-order valence-electron chi connectivity index (χ0n) is 16.7. The third kappa shape index (κ3) is 6.16. The Balaban J connectivity index is 1.73. The molecule has 0 bridgehead atoms. The number of nitrogens with zero attached hydrogens (tertiary/aromatic N) is 1. The number of aliphatic hydroxyl groups is 1. The Morgan fingerprint density at radius 1 is 1.16 bits per heavy atom. The highest BCUT2D eigenvalue weighted by atomic mass is 79.9. The molecular formula is C22H21BrF2N2O3S. The molecule has 2 N–H and O–H groups in total. The monoisotopic (exact) mass is 510 g/mol. The van der Waals surface area contributed by atoms with Crippen molar-refractivity contribution >= 4 is 27.9 Å². The molecule has 3 rings (SSSR count). The number of rotatable bonds is 9. The van der Waals surface area contributed by atoms with E-state index in [-0.39, 0.29) is 28.8 Å². The minimum Gasteiger partial charge on any atom is -0.487 e. The molecule has 3 aromatic rings. The molecule has 5 nitrogen and oxygen atoms in total. The number of ether oxygens (including phenoxy) is 1. The van der Waals surface area contributed by atoms with Crippen LogP contribution < -0.4 is 15.0 Å². The first-order valence-corrected chi connectivity index (χ1v) is 11.1. The molecule has 31 heavy (non-hydrogen) atoms. The molecule has 0 aliphatic carbocycles. The maximum absolute atomic E-state index is 13.8. The number of nitrogens with one attached hydrogen (secondary N) is 1. The Morgan fingerprint density at radius 2 is 1.90 bits per heavy atom. The second-order valence-corrected chi connectivity index (χ2v) is 8.50. The van der Waals surface area contributed by atoms with Gasteiger partial charge in [-0.25, -0.2) is 8.78 Å². The molecule has 0 radical (unpaired) electrons. The minimum absolute atomic E-state index is 0.0701. The number of aliphatic hydroxyl groups excluding tert-OH is 1. The molecule has 0 unspecified atom stereocenters. The van der Waals surface area contributed by atoms with Crippen LogP contribution in [0.1, 0.15) is 16.8 Å². The summed E-state index contributed by atoms with van der Waals surface area (Å²) in [6, 6.07) is 12.7. The van der Waals surface area contributed by atoms with E-state index in [2.05, 4.69) is 20.7 Å². The van der Waals surface area contributed by atoms with Crippen molar-refractivity contribution in [2.75, 3.05) is 13.2 Å². The lowest BCUT2D eigenvalue weighted by molar-refractivity contribution is 0.295. The van der Waals surface area contributed by atoms with Crippen LogP contribution >= 0.6 is 27.9 Å².